The summed E-state index contributed by atoms with van der Waals surface area (Å²) in [6, 6.07) is 16.1. The van der Waals surface area contributed by atoms with E-state index in [4.69, 9.17) is 40.0 Å². The van der Waals surface area contributed by atoms with Gasteiger partial charge in [-0.25, -0.2) is 9.59 Å². The summed E-state index contributed by atoms with van der Waals surface area (Å²) in [6.45, 7) is 4.37. The molecule has 0 aliphatic carbocycles. The Morgan fingerprint density at radius 3 is 1.92 bits per heavy atom. The Balaban J connectivity index is 2.03. The quantitative estimate of drug-likeness (QED) is 0.180. The topological polar surface area (TPSA) is 124 Å². The number of benzene rings is 2. The lowest BCUT2D eigenvalue weighted by Crippen LogP contribution is -2.63. The molecule has 2 aromatic carbocycles. The van der Waals surface area contributed by atoms with Crippen LogP contribution < -0.4 is 0 Å². The molecule has 11 heteroatoms. The molecule has 38 heavy (non-hydrogen) atoms. The average molecular weight is 547 g/mol. The molecule has 1 aliphatic heterocycles. The van der Waals surface area contributed by atoms with E-state index in [0.29, 0.717) is 0 Å². The third-order valence-corrected chi connectivity index (χ3v) is 5.52. The van der Waals surface area contributed by atoms with E-state index in [1.807, 2.05) is 0 Å². The van der Waals surface area contributed by atoms with Crippen molar-refractivity contribution in [1.29, 1.82) is 0 Å². The number of hydrogen-bond acceptors (Lipinski definition) is 10. The van der Waals surface area contributed by atoms with Crippen molar-refractivity contribution in [3.63, 3.8) is 0 Å². The molecular formula is C27H27ClO10. The summed E-state index contributed by atoms with van der Waals surface area (Å²) < 4.78 is 33.7. The first-order valence-electron chi connectivity index (χ1n) is 11.6. The lowest BCUT2D eigenvalue weighted by atomic mass is 9.97. The zero-order valence-corrected chi connectivity index (χ0v) is 21.3. The number of rotatable bonds is 11. The number of esters is 4. The highest BCUT2D eigenvalue weighted by molar-refractivity contribution is 6.26. The summed E-state index contributed by atoms with van der Waals surface area (Å²) in [5, 5.41) is 0. The summed E-state index contributed by atoms with van der Waals surface area (Å²) in [6.07, 6.45) is -5.28. The highest BCUT2D eigenvalue weighted by Gasteiger charge is 2.53. The molecule has 0 aromatic heterocycles. The zero-order chi connectivity index (χ0) is 27.5. The first kappa shape index (κ1) is 28.8. The van der Waals surface area contributed by atoms with Crippen LogP contribution in [-0.4, -0.2) is 73.7 Å². The summed E-state index contributed by atoms with van der Waals surface area (Å²) in [5.74, 6) is -3.59. The molecule has 1 heterocycles. The van der Waals surface area contributed by atoms with E-state index in [1.54, 1.807) is 36.4 Å². The van der Waals surface area contributed by atoms with Gasteiger partial charge in [-0.1, -0.05) is 42.5 Å². The van der Waals surface area contributed by atoms with E-state index < -0.39 is 60.5 Å². The van der Waals surface area contributed by atoms with Crippen LogP contribution in [0.5, 0.6) is 0 Å². The molecule has 0 saturated carbocycles. The molecule has 0 spiro atoms. The molecule has 2 aromatic rings. The van der Waals surface area contributed by atoms with Gasteiger partial charge in [-0.3, -0.25) is 9.59 Å². The van der Waals surface area contributed by atoms with Crippen molar-refractivity contribution in [3.05, 3.63) is 84.4 Å². The van der Waals surface area contributed by atoms with E-state index in [1.165, 1.54) is 37.3 Å². The predicted octanol–water partition coefficient (Wildman–Crippen LogP) is 3.08. The molecule has 1 fully saturated rings. The number of carbonyl (C=O) groups excluding carboxylic acids is 4. The smallest absolute Gasteiger partial charge is 0.338 e. The fourth-order valence-corrected chi connectivity index (χ4v) is 3.69. The minimum absolute atomic E-state index is 0.0319. The van der Waals surface area contributed by atoms with Crippen molar-refractivity contribution in [3.8, 4) is 0 Å². The Bertz CT molecular complexity index is 1110. The molecule has 0 amide bonds. The molecular weight excluding hydrogens is 520 g/mol. The number of halogens is 1. The van der Waals surface area contributed by atoms with Crippen molar-refractivity contribution >= 4 is 35.5 Å². The van der Waals surface area contributed by atoms with Gasteiger partial charge in [0, 0.05) is 6.92 Å². The van der Waals surface area contributed by atoms with Crippen LogP contribution in [0.2, 0.25) is 0 Å². The summed E-state index contributed by atoms with van der Waals surface area (Å²) >= 11 is 5.66. The van der Waals surface area contributed by atoms with Gasteiger partial charge in [0.2, 0.25) is 0 Å². The second-order valence-corrected chi connectivity index (χ2v) is 8.29. The summed E-state index contributed by atoms with van der Waals surface area (Å²) in [7, 11) is 0. The number of alkyl halides is 1. The molecule has 3 rings (SSSR count). The monoisotopic (exact) mass is 546 g/mol. The second-order valence-electron chi connectivity index (χ2n) is 8.03. The van der Waals surface area contributed by atoms with Crippen LogP contribution in [0.3, 0.4) is 0 Å². The van der Waals surface area contributed by atoms with Crippen LogP contribution in [-0.2, 0) is 38.0 Å². The first-order valence-corrected chi connectivity index (χ1v) is 12.2. The Morgan fingerprint density at radius 2 is 1.42 bits per heavy atom. The number of ether oxygens (including phenoxy) is 6. The number of hydrogen-bond donors (Lipinski definition) is 0. The second kappa shape index (κ2) is 14.3. The van der Waals surface area contributed by atoms with Gasteiger partial charge >= 0.3 is 23.9 Å². The van der Waals surface area contributed by atoms with E-state index in [2.05, 4.69) is 6.58 Å². The lowest BCUT2D eigenvalue weighted by molar-refractivity contribution is -0.299. The van der Waals surface area contributed by atoms with Gasteiger partial charge in [-0.2, -0.15) is 0 Å². The minimum Gasteiger partial charge on any atom is -0.463 e. The largest absolute Gasteiger partial charge is 0.463 e. The Labute approximate surface area is 224 Å². The van der Waals surface area contributed by atoms with Crippen molar-refractivity contribution in [2.75, 3.05) is 19.1 Å². The van der Waals surface area contributed by atoms with E-state index in [-0.39, 0.29) is 24.3 Å². The van der Waals surface area contributed by atoms with Crippen LogP contribution >= 0.6 is 11.6 Å². The highest BCUT2D eigenvalue weighted by Crippen LogP contribution is 2.31. The molecule has 0 N–H and O–H groups in total. The van der Waals surface area contributed by atoms with Crippen molar-refractivity contribution in [1.82, 2.24) is 0 Å². The van der Waals surface area contributed by atoms with Gasteiger partial charge in [-0.05, 0) is 24.3 Å². The molecule has 1 saturated heterocycles. The summed E-state index contributed by atoms with van der Waals surface area (Å²) in [5.41, 5.74) is 0.397. The van der Waals surface area contributed by atoms with Gasteiger partial charge in [0.25, 0.3) is 0 Å². The maximum Gasteiger partial charge on any atom is 0.338 e. The Hall–Kier alpha value is -3.73. The van der Waals surface area contributed by atoms with Crippen LogP contribution in [0, 0.1) is 0 Å². The van der Waals surface area contributed by atoms with E-state index in [0.717, 1.165) is 0 Å². The Morgan fingerprint density at radius 1 is 0.868 bits per heavy atom. The van der Waals surface area contributed by atoms with E-state index in [9.17, 15) is 19.2 Å². The zero-order valence-electron chi connectivity index (χ0n) is 20.5. The third-order valence-electron chi connectivity index (χ3n) is 5.30. The van der Waals surface area contributed by atoms with Crippen molar-refractivity contribution in [2.24, 2.45) is 0 Å². The molecule has 0 radical (unpaired) electrons. The fraction of sp³-hybridized carbons (Fsp3) is 0.333. The van der Waals surface area contributed by atoms with Crippen molar-refractivity contribution in [2.45, 2.75) is 37.6 Å². The fourth-order valence-electron chi connectivity index (χ4n) is 3.63. The van der Waals surface area contributed by atoms with Crippen LogP contribution in [0.25, 0.3) is 0 Å². The minimum atomic E-state index is -1.44. The normalized spacial score (nSPS) is 22.5. The van der Waals surface area contributed by atoms with Crippen molar-refractivity contribution < 1.29 is 47.6 Å². The van der Waals surface area contributed by atoms with Gasteiger partial charge in [-0.15, -0.1) is 18.2 Å². The standard InChI is InChI=1S/C27H27ClO10/c1-3-14-33-27-24(38-26(32)19-12-8-5-9-13-19)23(37-25(31)18-10-6-4-7-11-18)22(36-21(30)15-28)20(35-27)16-34-17(2)29/h3-13,20,22-24,27H,1,14-16H2,2H3/t20-,22-,23+,24-,27-/m1/s1. The molecule has 1 aliphatic rings. The van der Waals surface area contributed by atoms with Gasteiger partial charge in [0.15, 0.2) is 24.6 Å². The van der Waals surface area contributed by atoms with Gasteiger partial charge in [0.1, 0.15) is 18.6 Å². The van der Waals surface area contributed by atoms with Crippen LogP contribution in [0.1, 0.15) is 27.6 Å². The van der Waals surface area contributed by atoms with Crippen LogP contribution in [0.15, 0.2) is 73.3 Å². The first-order chi connectivity index (χ1) is 18.3. The maximum atomic E-state index is 13.1. The van der Waals surface area contributed by atoms with Gasteiger partial charge in [0.05, 0.1) is 17.7 Å². The predicted molar refractivity (Wildman–Crippen MR) is 133 cm³/mol. The Kier molecular flexibility index (Phi) is 10.8. The lowest BCUT2D eigenvalue weighted by Gasteiger charge is -2.44. The third kappa shape index (κ3) is 7.88. The van der Waals surface area contributed by atoms with Gasteiger partial charge < -0.3 is 28.4 Å². The summed E-state index contributed by atoms with van der Waals surface area (Å²) in [4.78, 5) is 49.9. The van der Waals surface area contributed by atoms with Crippen LogP contribution in [0.4, 0.5) is 0 Å². The molecule has 5 atom stereocenters. The van der Waals surface area contributed by atoms with E-state index >= 15 is 0 Å². The molecule has 0 unspecified atom stereocenters. The highest BCUT2D eigenvalue weighted by atomic mass is 35.5. The average Bonchev–Trinajstić information content (AvgIpc) is 2.93. The molecule has 0 bridgehead atoms. The SMILES string of the molecule is C=CCO[C@@H]1O[C@H](COC(C)=O)[C@@H](OC(=O)CCl)[C@H](OC(=O)c2ccccc2)[C@H]1OC(=O)c1ccccc1. The number of carbonyl (C=O) groups is 4. The maximum absolute atomic E-state index is 13.1. The molecule has 202 valence electrons. The molecule has 10 nitrogen and oxygen atoms in total.